The summed E-state index contributed by atoms with van der Waals surface area (Å²) in [6.45, 7) is 2.40. The summed E-state index contributed by atoms with van der Waals surface area (Å²) in [6, 6.07) is 0. The second-order valence-corrected chi connectivity index (χ2v) is 5.86. The van der Waals surface area contributed by atoms with Crippen molar-refractivity contribution < 1.29 is 29.1 Å². The Morgan fingerprint density at radius 2 is 2.18 bits per heavy atom. The summed E-state index contributed by atoms with van der Waals surface area (Å²) in [5, 5.41) is 19.1. The Kier molecular flexibility index (Phi) is 3.97. The van der Waals surface area contributed by atoms with Crippen molar-refractivity contribution in [1.82, 2.24) is 4.90 Å². The third kappa shape index (κ3) is 2.76. The Morgan fingerprint density at radius 1 is 1.45 bits per heavy atom. The zero-order valence-corrected chi connectivity index (χ0v) is 12.3. The van der Waals surface area contributed by atoms with Crippen LogP contribution in [0.2, 0.25) is 6.32 Å². The molecule has 1 aliphatic carbocycles. The molecule has 0 aromatic heterocycles. The number of ether oxygens (including phenoxy) is 1. The van der Waals surface area contributed by atoms with E-state index in [-0.39, 0.29) is 29.3 Å². The first-order valence-corrected chi connectivity index (χ1v) is 7.37. The molecule has 2 heterocycles. The van der Waals surface area contributed by atoms with E-state index in [0.717, 1.165) is 0 Å². The van der Waals surface area contributed by atoms with Crippen LogP contribution in [0.1, 0.15) is 13.3 Å². The number of carboxylic acids is 1. The minimum absolute atomic E-state index is 0.0229. The van der Waals surface area contributed by atoms with Crippen molar-refractivity contribution in [2.45, 2.75) is 31.9 Å². The maximum Gasteiger partial charge on any atom is 0.454 e. The highest BCUT2D eigenvalue weighted by Gasteiger charge is 2.41. The minimum atomic E-state index is -1.11. The van der Waals surface area contributed by atoms with E-state index in [1.165, 1.54) is 6.92 Å². The van der Waals surface area contributed by atoms with E-state index in [4.69, 9.17) is 9.39 Å². The smallest absolute Gasteiger partial charge is 0.454 e. The molecule has 2 fully saturated rings. The number of aliphatic carboxylic acids is 1. The predicted molar refractivity (Wildman–Crippen MR) is 76.7 cm³/mol. The van der Waals surface area contributed by atoms with Crippen LogP contribution < -0.4 is 0 Å². The normalized spacial score (nSPS) is 28.3. The highest BCUT2D eigenvalue weighted by atomic mass is 16.5. The van der Waals surface area contributed by atoms with Gasteiger partial charge in [-0.1, -0.05) is 6.08 Å². The van der Waals surface area contributed by atoms with E-state index in [1.807, 2.05) is 6.08 Å². The van der Waals surface area contributed by atoms with Crippen LogP contribution in [0.15, 0.2) is 23.5 Å². The van der Waals surface area contributed by atoms with Crippen LogP contribution in [0, 0.1) is 5.92 Å². The first-order valence-electron chi connectivity index (χ1n) is 7.37. The van der Waals surface area contributed by atoms with Gasteiger partial charge in [0.1, 0.15) is 17.4 Å². The molecule has 8 heteroatoms. The Morgan fingerprint density at radius 3 is 2.82 bits per heavy atom. The van der Waals surface area contributed by atoms with E-state index in [2.05, 4.69) is 0 Å². The zero-order chi connectivity index (χ0) is 15.9. The molecule has 2 N–H and O–H groups in total. The Balaban J connectivity index is 1.75. The third-order valence-corrected chi connectivity index (χ3v) is 4.30. The van der Waals surface area contributed by atoms with Gasteiger partial charge in [-0.05, 0) is 18.8 Å². The molecule has 7 nitrogen and oxygen atoms in total. The fraction of sp³-hybridized carbons (Fsp3) is 0.571. The van der Waals surface area contributed by atoms with Crippen LogP contribution in [-0.4, -0.2) is 59.3 Å². The van der Waals surface area contributed by atoms with Gasteiger partial charge in [-0.2, -0.15) is 0 Å². The predicted octanol–water partition coefficient (Wildman–Crippen LogP) is 0.0278. The first-order chi connectivity index (χ1) is 10.5. The zero-order valence-electron chi connectivity index (χ0n) is 12.3. The summed E-state index contributed by atoms with van der Waals surface area (Å²) in [7, 11) is -0.944. The number of rotatable bonds is 3. The van der Waals surface area contributed by atoms with Crippen LogP contribution >= 0.6 is 0 Å². The molecule has 3 rings (SSSR count). The molecule has 2 atom stereocenters. The summed E-state index contributed by atoms with van der Waals surface area (Å²) in [6.07, 6.45) is 3.81. The highest BCUT2D eigenvalue weighted by molar-refractivity contribution is 6.43. The molecule has 0 radical (unpaired) electrons. The first kappa shape index (κ1) is 15.1. The summed E-state index contributed by atoms with van der Waals surface area (Å²) >= 11 is 0. The van der Waals surface area contributed by atoms with Crippen molar-refractivity contribution in [3.05, 3.63) is 23.5 Å². The third-order valence-electron chi connectivity index (χ3n) is 4.30. The van der Waals surface area contributed by atoms with Crippen LogP contribution in [0.5, 0.6) is 0 Å². The van der Waals surface area contributed by atoms with Gasteiger partial charge in [-0.25, -0.2) is 4.79 Å². The van der Waals surface area contributed by atoms with Gasteiger partial charge in [0.2, 0.25) is 5.91 Å². The number of carbonyl (C=O) groups excluding carboxylic acids is 1. The van der Waals surface area contributed by atoms with Gasteiger partial charge in [0.25, 0.3) is 0 Å². The maximum absolute atomic E-state index is 11.6. The summed E-state index contributed by atoms with van der Waals surface area (Å²) in [4.78, 5) is 24.4. The van der Waals surface area contributed by atoms with Crippen LogP contribution in [-0.2, 0) is 19.0 Å². The standard InChI is InChI=1S/C14H18BNO6/c1-8(17)16-6-10(7-16)21-11-3-2-9-4-5-15(20)22-13(9)12(11)14(18)19/h2-3,9-10,13,20H,4-7H2,1H3,(H,18,19). The lowest BCUT2D eigenvalue weighted by molar-refractivity contribution is -0.141. The van der Waals surface area contributed by atoms with Crippen molar-refractivity contribution in [2.24, 2.45) is 5.92 Å². The number of nitrogens with zero attached hydrogens (tertiary/aromatic N) is 1. The molecule has 0 spiro atoms. The fourth-order valence-corrected chi connectivity index (χ4v) is 3.02. The Labute approximate surface area is 128 Å². The number of amides is 1. The number of carbonyl (C=O) groups is 2. The van der Waals surface area contributed by atoms with Crippen molar-refractivity contribution >= 4 is 19.0 Å². The summed E-state index contributed by atoms with van der Waals surface area (Å²) in [5.74, 6) is -0.926. The number of likely N-dealkylation sites (tertiary alicyclic amines) is 1. The molecular formula is C14H18BNO6. The van der Waals surface area contributed by atoms with Gasteiger partial charge in [0.15, 0.2) is 0 Å². The molecule has 2 unspecified atom stereocenters. The molecule has 0 aromatic rings. The summed E-state index contributed by atoms with van der Waals surface area (Å²) < 4.78 is 11.1. The molecule has 3 aliphatic rings. The quantitative estimate of drug-likeness (QED) is 0.714. The second-order valence-electron chi connectivity index (χ2n) is 5.86. The highest BCUT2D eigenvalue weighted by Crippen LogP contribution is 2.35. The van der Waals surface area contributed by atoms with Gasteiger partial charge in [0, 0.05) is 12.8 Å². The number of allylic oxidation sites excluding steroid dienone is 1. The summed E-state index contributed by atoms with van der Waals surface area (Å²) in [5.41, 5.74) is 0.0486. The SMILES string of the molecule is CC(=O)N1CC(OC2=C(C(=O)O)C3OB(O)CCC3C=C2)C1. The van der Waals surface area contributed by atoms with E-state index < -0.39 is 19.2 Å². The van der Waals surface area contributed by atoms with E-state index in [1.54, 1.807) is 11.0 Å². The molecule has 0 aromatic carbocycles. The molecule has 22 heavy (non-hydrogen) atoms. The number of carboxylic acid groups (broad SMARTS) is 1. The van der Waals surface area contributed by atoms with Gasteiger partial charge in [-0.3, -0.25) is 4.79 Å². The Bertz CT molecular complexity index is 554. The second kappa shape index (κ2) is 5.77. The number of hydrogen-bond donors (Lipinski definition) is 2. The van der Waals surface area contributed by atoms with Crippen LogP contribution in [0.4, 0.5) is 0 Å². The van der Waals surface area contributed by atoms with Gasteiger partial charge in [-0.15, -0.1) is 0 Å². The Hall–Kier alpha value is -1.80. The monoisotopic (exact) mass is 307 g/mol. The van der Waals surface area contributed by atoms with Gasteiger partial charge >= 0.3 is 13.1 Å². The maximum atomic E-state index is 11.6. The average Bonchev–Trinajstić information content (AvgIpc) is 2.40. The van der Waals surface area contributed by atoms with Crippen LogP contribution in [0.25, 0.3) is 0 Å². The molecule has 2 aliphatic heterocycles. The molecule has 0 bridgehead atoms. The molecule has 2 saturated heterocycles. The molecule has 118 valence electrons. The number of fused-ring (bicyclic) bond motifs is 1. The van der Waals surface area contributed by atoms with Crippen molar-refractivity contribution in [2.75, 3.05) is 13.1 Å². The lowest BCUT2D eigenvalue weighted by Crippen LogP contribution is -2.54. The van der Waals surface area contributed by atoms with E-state index in [9.17, 15) is 19.7 Å². The van der Waals surface area contributed by atoms with Crippen molar-refractivity contribution in [1.29, 1.82) is 0 Å². The topological polar surface area (TPSA) is 96.3 Å². The molecular weight excluding hydrogens is 289 g/mol. The lowest BCUT2D eigenvalue weighted by Gasteiger charge is -2.40. The van der Waals surface area contributed by atoms with Gasteiger partial charge < -0.3 is 24.4 Å². The van der Waals surface area contributed by atoms with Crippen molar-refractivity contribution in [3.8, 4) is 0 Å². The van der Waals surface area contributed by atoms with E-state index >= 15 is 0 Å². The molecule has 1 amide bonds. The lowest BCUT2D eigenvalue weighted by atomic mass is 9.71. The van der Waals surface area contributed by atoms with Crippen molar-refractivity contribution in [3.63, 3.8) is 0 Å². The molecule has 0 saturated carbocycles. The van der Waals surface area contributed by atoms with Gasteiger partial charge in [0.05, 0.1) is 19.2 Å². The van der Waals surface area contributed by atoms with E-state index in [0.29, 0.717) is 25.8 Å². The minimum Gasteiger partial charge on any atom is -0.486 e. The van der Waals surface area contributed by atoms with Crippen LogP contribution in [0.3, 0.4) is 0 Å². The average molecular weight is 307 g/mol. The fourth-order valence-electron chi connectivity index (χ4n) is 3.02. The largest absolute Gasteiger partial charge is 0.486 e. The number of hydrogen-bond acceptors (Lipinski definition) is 5.